The number of Topliss-reactive ketones (excluding diaryl/α,β-unsaturated/α-hetero) is 1. The van der Waals surface area contributed by atoms with Crippen LogP contribution in [0.25, 0.3) is 0 Å². The number of benzene rings is 3. The Kier molecular flexibility index (Phi) is 5.22. The second kappa shape index (κ2) is 7.71. The normalized spacial score (nSPS) is 17.9. The van der Waals surface area contributed by atoms with E-state index in [1.165, 1.54) is 4.90 Å². The van der Waals surface area contributed by atoms with Crippen LogP contribution in [-0.2, 0) is 16.9 Å². The number of carbonyl (C=O) groups excluding carboxylic acids is 2. The molecule has 0 spiro atoms. The molecule has 0 aromatic heterocycles. The van der Waals surface area contributed by atoms with E-state index in [4.69, 9.17) is 11.6 Å². The first-order valence-electron chi connectivity index (χ1n) is 9.78. The second-order valence-electron chi connectivity index (χ2n) is 7.82. The van der Waals surface area contributed by atoms with Crippen molar-refractivity contribution < 1.29 is 14.7 Å². The largest absolute Gasteiger partial charge is 0.375 e. The lowest BCUT2D eigenvalue weighted by atomic mass is 9.87. The van der Waals surface area contributed by atoms with Crippen molar-refractivity contribution >= 4 is 29.0 Å². The lowest BCUT2D eigenvalue weighted by molar-refractivity contribution is -0.136. The van der Waals surface area contributed by atoms with Gasteiger partial charge in [0.1, 0.15) is 0 Å². The van der Waals surface area contributed by atoms with E-state index < -0.39 is 11.5 Å². The topological polar surface area (TPSA) is 57.6 Å². The van der Waals surface area contributed by atoms with Crippen molar-refractivity contribution in [2.24, 2.45) is 0 Å². The first-order chi connectivity index (χ1) is 14.3. The molecule has 0 fully saturated rings. The number of nitrogens with zero attached hydrogens (tertiary/aromatic N) is 1. The molecule has 0 radical (unpaired) electrons. The number of para-hydroxylation sites is 1. The van der Waals surface area contributed by atoms with E-state index in [-0.39, 0.29) is 18.7 Å². The predicted molar refractivity (Wildman–Crippen MR) is 118 cm³/mol. The van der Waals surface area contributed by atoms with Crippen LogP contribution in [0.2, 0.25) is 5.02 Å². The lowest BCUT2D eigenvalue weighted by Gasteiger charge is -2.23. The summed E-state index contributed by atoms with van der Waals surface area (Å²) in [6, 6.07) is 19.9. The van der Waals surface area contributed by atoms with Crippen molar-refractivity contribution in [3.63, 3.8) is 0 Å². The molecule has 152 valence electrons. The number of halogens is 1. The summed E-state index contributed by atoms with van der Waals surface area (Å²) >= 11 is 6.09. The van der Waals surface area contributed by atoms with Crippen LogP contribution in [0.5, 0.6) is 0 Å². The van der Waals surface area contributed by atoms with E-state index in [9.17, 15) is 14.7 Å². The van der Waals surface area contributed by atoms with Crippen molar-refractivity contribution in [1.82, 2.24) is 0 Å². The fourth-order valence-electron chi connectivity index (χ4n) is 4.11. The van der Waals surface area contributed by atoms with Gasteiger partial charge in [-0.25, -0.2) is 0 Å². The zero-order valence-electron chi connectivity index (χ0n) is 16.9. The van der Waals surface area contributed by atoms with E-state index in [2.05, 4.69) is 0 Å². The van der Waals surface area contributed by atoms with Crippen LogP contribution in [0.1, 0.15) is 39.0 Å². The molecule has 0 saturated carbocycles. The van der Waals surface area contributed by atoms with Gasteiger partial charge >= 0.3 is 0 Å². The Morgan fingerprint density at radius 1 is 1.03 bits per heavy atom. The van der Waals surface area contributed by atoms with Crippen LogP contribution in [-0.4, -0.2) is 16.8 Å². The molecule has 1 amide bonds. The van der Waals surface area contributed by atoms with Gasteiger partial charge in [-0.1, -0.05) is 65.7 Å². The van der Waals surface area contributed by atoms with Gasteiger partial charge in [-0.05, 0) is 43.2 Å². The van der Waals surface area contributed by atoms with Gasteiger partial charge in [0.2, 0.25) is 0 Å². The Labute approximate surface area is 180 Å². The molecule has 3 aromatic rings. The van der Waals surface area contributed by atoms with Gasteiger partial charge in [0, 0.05) is 16.1 Å². The summed E-state index contributed by atoms with van der Waals surface area (Å²) in [6.07, 6.45) is -0.307. The standard InChI is InChI=1S/C25H22ClNO3/c1-16-10-11-20(17(2)12-16)23(28)14-25(30)21-8-3-4-9-22(21)27(24(25)29)15-18-6-5-7-19(26)13-18/h3-13,30H,14-15H2,1-2H3. The van der Waals surface area contributed by atoms with E-state index in [1.54, 1.807) is 36.4 Å². The van der Waals surface area contributed by atoms with E-state index in [1.807, 2.05) is 44.2 Å². The molecule has 5 heteroatoms. The minimum absolute atomic E-state index is 0.260. The molecule has 3 aromatic carbocycles. The Morgan fingerprint density at radius 2 is 1.80 bits per heavy atom. The number of rotatable bonds is 5. The molecule has 1 unspecified atom stereocenters. The average Bonchev–Trinajstić information content (AvgIpc) is 2.90. The molecule has 4 nitrogen and oxygen atoms in total. The van der Waals surface area contributed by atoms with Gasteiger partial charge in [0.15, 0.2) is 11.4 Å². The molecule has 0 bridgehead atoms. The van der Waals surface area contributed by atoms with E-state index >= 15 is 0 Å². The molecule has 1 aliphatic heterocycles. The zero-order chi connectivity index (χ0) is 21.5. The first kappa shape index (κ1) is 20.3. The Hall–Kier alpha value is -2.95. The molecule has 1 aliphatic rings. The lowest BCUT2D eigenvalue weighted by Crippen LogP contribution is -2.41. The fraction of sp³-hybridized carbons (Fsp3) is 0.200. The highest BCUT2D eigenvalue weighted by atomic mass is 35.5. The van der Waals surface area contributed by atoms with Gasteiger partial charge in [-0.2, -0.15) is 0 Å². The molecule has 1 atom stereocenters. The maximum Gasteiger partial charge on any atom is 0.264 e. The molecule has 0 aliphatic carbocycles. The van der Waals surface area contributed by atoms with Crippen LogP contribution >= 0.6 is 11.6 Å². The number of hydrogen-bond acceptors (Lipinski definition) is 3. The summed E-state index contributed by atoms with van der Waals surface area (Å²) in [5.74, 6) is -0.760. The van der Waals surface area contributed by atoms with Gasteiger partial charge in [-0.3, -0.25) is 9.59 Å². The summed E-state index contributed by atoms with van der Waals surface area (Å²) in [4.78, 5) is 27.9. The number of anilines is 1. The minimum Gasteiger partial charge on any atom is -0.375 e. The Balaban J connectivity index is 1.69. The monoisotopic (exact) mass is 419 g/mol. The molecule has 1 heterocycles. The molecule has 4 rings (SSSR count). The fourth-order valence-corrected chi connectivity index (χ4v) is 4.32. The third-order valence-electron chi connectivity index (χ3n) is 5.57. The third kappa shape index (κ3) is 3.53. The van der Waals surface area contributed by atoms with Crippen molar-refractivity contribution in [3.05, 3.63) is 99.6 Å². The number of hydrogen-bond donors (Lipinski definition) is 1. The van der Waals surface area contributed by atoms with Gasteiger partial charge in [-0.15, -0.1) is 0 Å². The van der Waals surface area contributed by atoms with Gasteiger partial charge in [0.25, 0.3) is 5.91 Å². The van der Waals surface area contributed by atoms with Crippen LogP contribution < -0.4 is 4.90 Å². The highest BCUT2D eigenvalue weighted by Crippen LogP contribution is 2.43. The van der Waals surface area contributed by atoms with Crippen LogP contribution in [0.4, 0.5) is 5.69 Å². The van der Waals surface area contributed by atoms with Crippen molar-refractivity contribution in [2.75, 3.05) is 4.90 Å². The smallest absolute Gasteiger partial charge is 0.264 e. The number of amides is 1. The van der Waals surface area contributed by atoms with Crippen molar-refractivity contribution in [3.8, 4) is 0 Å². The number of fused-ring (bicyclic) bond motifs is 1. The number of aliphatic hydroxyl groups is 1. The van der Waals surface area contributed by atoms with E-state index in [0.717, 1.165) is 16.7 Å². The summed E-state index contributed by atoms with van der Waals surface area (Å²) in [5.41, 5.74) is 2.41. The molecule has 30 heavy (non-hydrogen) atoms. The maximum absolute atomic E-state index is 13.4. The predicted octanol–water partition coefficient (Wildman–Crippen LogP) is 4.96. The summed E-state index contributed by atoms with van der Waals surface area (Å²) < 4.78 is 0. The number of ketones is 1. The second-order valence-corrected chi connectivity index (χ2v) is 8.25. The maximum atomic E-state index is 13.4. The third-order valence-corrected chi connectivity index (χ3v) is 5.80. The highest BCUT2D eigenvalue weighted by Gasteiger charge is 2.50. The molecular weight excluding hydrogens is 398 g/mol. The van der Waals surface area contributed by atoms with E-state index in [0.29, 0.717) is 21.8 Å². The van der Waals surface area contributed by atoms with Crippen molar-refractivity contribution in [1.29, 1.82) is 0 Å². The van der Waals surface area contributed by atoms with Crippen LogP contribution in [0.15, 0.2) is 66.7 Å². The summed E-state index contributed by atoms with van der Waals surface area (Å²) in [5, 5.41) is 12.0. The highest BCUT2D eigenvalue weighted by molar-refractivity contribution is 6.30. The summed E-state index contributed by atoms with van der Waals surface area (Å²) in [7, 11) is 0. The Bertz CT molecular complexity index is 1160. The molecule has 1 N–H and O–H groups in total. The van der Waals surface area contributed by atoms with Crippen molar-refractivity contribution in [2.45, 2.75) is 32.4 Å². The average molecular weight is 420 g/mol. The SMILES string of the molecule is Cc1ccc(C(=O)CC2(O)C(=O)N(Cc3cccc(Cl)c3)c3ccccc32)c(C)c1. The quantitative estimate of drug-likeness (QED) is 0.594. The van der Waals surface area contributed by atoms with Crippen LogP contribution in [0.3, 0.4) is 0 Å². The zero-order valence-corrected chi connectivity index (χ0v) is 17.6. The Morgan fingerprint density at radius 3 is 2.53 bits per heavy atom. The van der Waals surface area contributed by atoms with Gasteiger partial charge < -0.3 is 10.0 Å². The van der Waals surface area contributed by atoms with Crippen LogP contribution in [0, 0.1) is 13.8 Å². The minimum atomic E-state index is -1.90. The first-order valence-corrected chi connectivity index (χ1v) is 10.2. The van der Waals surface area contributed by atoms with Gasteiger partial charge in [0.05, 0.1) is 18.7 Å². The number of carbonyl (C=O) groups is 2. The molecule has 0 saturated heterocycles. The summed E-state index contributed by atoms with van der Waals surface area (Å²) in [6.45, 7) is 4.08. The number of aryl methyl sites for hydroxylation is 2. The molecular formula is C25H22ClNO3.